The van der Waals surface area contributed by atoms with Crippen molar-refractivity contribution < 1.29 is 23.7 Å². The highest BCUT2D eigenvalue weighted by molar-refractivity contribution is 6.33. The molecule has 2 saturated heterocycles. The number of fused-ring (bicyclic) bond motifs is 2. The van der Waals surface area contributed by atoms with E-state index in [1.54, 1.807) is 12.1 Å². The molecule has 160 valence electrons. The Balaban J connectivity index is 1.31. The van der Waals surface area contributed by atoms with Crippen molar-refractivity contribution in [3.63, 3.8) is 0 Å². The Labute approximate surface area is 180 Å². The fourth-order valence-corrected chi connectivity index (χ4v) is 3.92. The largest absolute Gasteiger partial charge is 0.456 e. The van der Waals surface area contributed by atoms with Gasteiger partial charge in [0, 0.05) is 12.1 Å². The molecule has 0 bridgehead atoms. The number of aliphatic hydroxyl groups is 1. The van der Waals surface area contributed by atoms with Crippen LogP contribution in [0.25, 0.3) is 11.2 Å². The van der Waals surface area contributed by atoms with Gasteiger partial charge < -0.3 is 29.6 Å². The minimum absolute atomic E-state index is 0.131. The Kier molecular flexibility index (Phi) is 5.11. The number of aliphatic hydroxyl groups excluding tert-OH is 1. The van der Waals surface area contributed by atoms with Crippen molar-refractivity contribution in [3.05, 3.63) is 46.2 Å². The van der Waals surface area contributed by atoms with Crippen molar-refractivity contribution in [1.82, 2.24) is 15.0 Å². The lowest BCUT2D eigenvalue weighted by Crippen LogP contribution is -2.34. The highest BCUT2D eigenvalue weighted by Gasteiger charge is 2.48. The average Bonchev–Trinajstić information content (AvgIpc) is 3.44. The smallest absolute Gasteiger partial charge is 0.296 e. The van der Waals surface area contributed by atoms with Gasteiger partial charge >= 0.3 is 0 Å². The summed E-state index contributed by atoms with van der Waals surface area (Å²) in [6.45, 7) is 0.619. The van der Waals surface area contributed by atoms with Gasteiger partial charge in [-0.3, -0.25) is 0 Å². The molecule has 2 fully saturated rings. The number of imidazole rings is 1. The first kappa shape index (κ1) is 20.0. The van der Waals surface area contributed by atoms with E-state index in [1.165, 1.54) is 12.1 Å². The van der Waals surface area contributed by atoms with Crippen LogP contribution in [0, 0.1) is 17.1 Å². The highest BCUT2D eigenvalue weighted by Crippen LogP contribution is 2.31. The maximum absolute atomic E-state index is 14.1. The summed E-state index contributed by atoms with van der Waals surface area (Å²) < 4.78 is 31.1. The molecule has 3 N–H and O–H groups in total. The van der Waals surface area contributed by atoms with Gasteiger partial charge in [0.2, 0.25) is 0 Å². The zero-order valence-electron chi connectivity index (χ0n) is 16.0. The number of nitriles is 1. The number of nitrogens with one attached hydrogen (secondary N) is 2. The summed E-state index contributed by atoms with van der Waals surface area (Å²) in [5.74, 6) is -0.155. The number of pyridine rings is 1. The van der Waals surface area contributed by atoms with Crippen LogP contribution >= 0.6 is 11.6 Å². The predicted molar refractivity (Wildman–Crippen MR) is 107 cm³/mol. The second-order valence-corrected chi connectivity index (χ2v) is 7.73. The zero-order valence-corrected chi connectivity index (χ0v) is 16.8. The summed E-state index contributed by atoms with van der Waals surface area (Å²) in [6.07, 6.45) is -1.83. The summed E-state index contributed by atoms with van der Waals surface area (Å²) in [7, 11) is 0. The number of anilines is 1. The maximum Gasteiger partial charge on any atom is 0.296 e. The first-order valence-electron chi connectivity index (χ1n) is 9.58. The first-order chi connectivity index (χ1) is 15.0. The van der Waals surface area contributed by atoms with Crippen LogP contribution in [0.3, 0.4) is 0 Å². The molecule has 5 rings (SSSR count). The molecule has 0 saturated carbocycles. The van der Waals surface area contributed by atoms with E-state index in [0.717, 1.165) is 0 Å². The molecule has 0 aliphatic carbocycles. The first-order valence-corrected chi connectivity index (χ1v) is 9.96. The van der Waals surface area contributed by atoms with E-state index in [-0.39, 0.29) is 37.4 Å². The Morgan fingerprint density at radius 2 is 2.13 bits per heavy atom. The van der Waals surface area contributed by atoms with E-state index in [2.05, 4.69) is 20.3 Å². The van der Waals surface area contributed by atoms with Crippen LogP contribution in [-0.4, -0.2) is 57.7 Å². The lowest BCUT2D eigenvalue weighted by Gasteiger charge is -2.15. The SMILES string of the molecule is N#Cc1ccc(CNc2nc3nc(O[C@@H]4CO[C@H]5[C@@H]4OC[C@H]5O)[nH]c3cc2Cl)c(F)c1. The number of rotatable bonds is 5. The quantitative estimate of drug-likeness (QED) is 0.545. The number of hydrogen-bond acceptors (Lipinski definition) is 8. The Hall–Kier alpha value is -2.97. The molecule has 2 aliphatic heterocycles. The number of aromatic amines is 1. The number of H-pyrrole nitrogens is 1. The molecule has 0 amide bonds. The van der Waals surface area contributed by atoms with Crippen LogP contribution in [0.15, 0.2) is 24.3 Å². The fraction of sp³-hybridized carbons (Fsp3) is 0.350. The molecule has 2 aromatic heterocycles. The van der Waals surface area contributed by atoms with E-state index in [0.29, 0.717) is 27.6 Å². The van der Waals surface area contributed by atoms with Crippen LogP contribution in [0.1, 0.15) is 11.1 Å². The molecule has 0 radical (unpaired) electrons. The molecule has 4 atom stereocenters. The third-order valence-electron chi connectivity index (χ3n) is 5.28. The molecule has 1 aromatic carbocycles. The van der Waals surface area contributed by atoms with Gasteiger partial charge in [-0.05, 0) is 18.2 Å². The van der Waals surface area contributed by atoms with Crippen LogP contribution in [0.2, 0.25) is 5.02 Å². The summed E-state index contributed by atoms with van der Waals surface area (Å²) in [4.78, 5) is 11.7. The van der Waals surface area contributed by atoms with Gasteiger partial charge in [0.1, 0.15) is 29.9 Å². The van der Waals surface area contributed by atoms with Gasteiger partial charge in [-0.25, -0.2) is 9.37 Å². The summed E-state index contributed by atoms with van der Waals surface area (Å²) in [6, 6.07) is 8.02. The number of hydrogen-bond donors (Lipinski definition) is 3. The number of ether oxygens (including phenoxy) is 3. The van der Waals surface area contributed by atoms with E-state index in [1.807, 2.05) is 6.07 Å². The van der Waals surface area contributed by atoms with Crippen molar-refractivity contribution in [2.24, 2.45) is 0 Å². The van der Waals surface area contributed by atoms with E-state index >= 15 is 0 Å². The van der Waals surface area contributed by atoms with Gasteiger partial charge in [-0.15, -0.1) is 0 Å². The predicted octanol–water partition coefficient (Wildman–Crippen LogP) is 2.14. The number of halogens is 2. The maximum atomic E-state index is 14.1. The molecule has 3 aromatic rings. The second kappa shape index (κ2) is 7.94. The number of benzene rings is 1. The molecular weight excluding hydrogens is 429 g/mol. The molecule has 9 nitrogen and oxygen atoms in total. The van der Waals surface area contributed by atoms with Gasteiger partial charge in [-0.2, -0.15) is 10.2 Å². The third-order valence-corrected chi connectivity index (χ3v) is 5.57. The molecule has 4 heterocycles. The Morgan fingerprint density at radius 3 is 2.94 bits per heavy atom. The van der Waals surface area contributed by atoms with E-state index in [9.17, 15) is 9.50 Å². The van der Waals surface area contributed by atoms with Crippen LogP contribution in [0.4, 0.5) is 10.2 Å². The van der Waals surface area contributed by atoms with Crippen molar-refractivity contribution in [2.45, 2.75) is 31.0 Å². The third kappa shape index (κ3) is 3.77. The lowest BCUT2D eigenvalue weighted by atomic mass is 10.1. The summed E-state index contributed by atoms with van der Waals surface area (Å²) in [5, 5.41) is 22.0. The van der Waals surface area contributed by atoms with Gasteiger partial charge in [-0.1, -0.05) is 17.7 Å². The van der Waals surface area contributed by atoms with Crippen molar-refractivity contribution in [1.29, 1.82) is 5.26 Å². The van der Waals surface area contributed by atoms with Gasteiger partial charge in [0.05, 0.1) is 35.4 Å². The monoisotopic (exact) mass is 445 g/mol. The van der Waals surface area contributed by atoms with Crippen LogP contribution in [0.5, 0.6) is 6.01 Å². The molecule has 11 heteroatoms. The fourth-order valence-electron chi connectivity index (χ4n) is 3.70. The Morgan fingerprint density at radius 1 is 1.29 bits per heavy atom. The van der Waals surface area contributed by atoms with Gasteiger partial charge in [0.15, 0.2) is 11.8 Å². The van der Waals surface area contributed by atoms with Crippen molar-refractivity contribution in [3.8, 4) is 12.1 Å². The minimum atomic E-state index is -0.663. The molecule has 31 heavy (non-hydrogen) atoms. The summed E-state index contributed by atoms with van der Waals surface area (Å²) in [5.41, 5.74) is 1.56. The lowest BCUT2D eigenvalue weighted by molar-refractivity contribution is 0.00706. The van der Waals surface area contributed by atoms with E-state index < -0.39 is 24.1 Å². The number of aromatic nitrogens is 3. The summed E-state index contributed by atoms with van der Waals surface area (Å²) >= 11 is 6.31. The zero-order chi connectivity index (χ0) is 21.5. The standard InChI is InChI=1S/C20H17ClFN5O4/c21-11-4-13-19(26-18(11)24-6-10-2-1-9(5-23)3-12(10)22)27-20(25-13)31-15-8-30-16-14(28)7-29-17(15)16/h1-4,14-17,28H,6-8H2,(H2,24,25,26,27)/t14-,15-,16-,17-/m1/s1. The minimum Gasteiger partial charge on any atom is -0.456 e. The molecule has 0 spiro atoms. The van der Waals surface area contributed by atoms with Crippen molar-refractivity contribution >= 4 is 28.6 Å². The molecule has 0 unspecified atom stereocenters. The second-order valence-electron chi connectivity index (χ2n) is 7.32. The Bertz CT molecular complexity index is 1180. The molecular formula is C20H17ClFN5O4. The molecule has 2 aliphatic rings. The normalized spacial score (nSPS) is 24.8. The van der Waals surface area contributed by atoms with Gasteiger partial charge in [0.25, 0.3) is 6.01 Å². The van der Waals surface area contributed by atoms with E-state index in [4.69, 9.17) is 31.1 Å². The van der Waals surface area contributed by atoms with Crippen LogP contribution in [-0.2, 0) is 16.0 Å². The van der Waals surface area contributed by atoms with Crippen molar-refractivity contribution in [2.75, 3.05) is 18.5 Å². The van der Waals surface area contributed by atoms with Crippen LogP contribution < -0.4 is 10.1 Å². The average molecular weight is 446 g/mol. The highest BCUT2D eigenvalue weighted by atomic mass is 35.5. The number of nitrogens with zero attached hydrogens (tertiary/aromatic N) is 3. The topological polar surface area (TPSA) is 125 Å².